The number of hydrogen-bond acceptors (Lipinski definition) is 1. The molecule has 2 bridgehead atoms. The SMILES string of the molecule is CC1(C)C2CCC1(C)C(NC=O)C2. The molecule has 2 saturated carbocycles. The van der Waals surface area contributed by atoms with Gasteiger partial charge in [-0.25, -0.2) is 0 Å². The van der Waals surface area contributed by atoms with E-state index in [1.165, 1.54) is 19.3 Å². The summed E-state index contributed by atoms with van der Waals surface area (Å²) in [7, 11) is 0. The van der Waals surface area contributed by atoms with Crippen LogP contribution in [0.3, 0.4) is 0 Å². The highest BCUT2D eigenvalue weighted by atomic mass is 16.1. The lowest BCUT2D eigenvalue weighted by Gasteiger charge is -2.38. The average molecular weight is 181 g/mol. The maximum absolute atomic E-state index is 10.5. The topological polar surface area (TPSA) is 29.1 Å². The summed E-state index contributed by atoms with van der Waals surface area (Å²) in [5, 5.41) is 2.99. The molecule has 13 heavy (non-hydrogen) atoms. The van der Waals surface area contributed by atoms with Crippen LogP contribution in [-0.2, 0) is 4.79 Å². The zero-order chi connectivity index (χ0) is 9.69. The molecule has 0 spiro atoms. The fourth-order valence-electron chi connectivity index (χ4n) is 3.54. The lowest BCUT2D eigenvalue weighted by Crippen LogP contribution is -2.43. The smallest absolute Gasteiger partial charge is 0.207 e. The molecule has 0 heterocycles. The fraction of sp³-hybridized carbons (Fsp3) is 0.909. The van der Waals surface area contributed by atoms with E-state index in [1.807, 2.05) is 0 Å². The summed E-state index contributed by atoms with van der Waals surface area (Å²) in [6, 6.07) is 0.416. The number of fused-ring (bicyclic) bond motifs is 2. The average Bonchev–Trinajstić information content (AvgIpc) is 2.37. The first-order chi connectivity index (χ1) is 6.02. The molecule has 0 aromatic heterocycles. The third-order valence-electron chi connectivity index (χ3n) is 5.06. The van der Waals surface area contributed by atoms with E-state index in [1.54, 1.807) is 0 Å². The summed E-state index contributed by atoms with van der Waals surface area (Å²) in [4.78, 5) is 10.5. The van der Waals surface area contributed by atoms with Crippen molar-refractivity contribution in [2.24, 2.45) is 16.7 Å². The standard InChI is InChI=1S/C11H19NO/c1-10(2)8-4-5-11(10,3)9(6-8)12-7-13/h7-9H,4-6H2,1-3H3,(H,12,13). The molecule has 2 rings (SSSR count). The number of carbonyl (C=O) groups is 1. The van der Waals surface area contributed by atoms with Crippen LogP contribution in [0.25, 0.3) is 0 Å². The minimum Gasteiger partial charge on any atom is -0.355 e. The Morgan fingerprint density at radius 3 is 2.46 bits per heavy atom. The predicted molar refractivity (Wildman–Crippen MR) is 52.2 cm³/mol. The minimum absolute atomic E-state index is 0.332. The molecular weight excluding hydrogens is 162 g/mol. The molecule has 2 heteroatoms. The van der Waals surface area contributed by atoms with Crippen molar-refractivity contribution in [3.63, 3.8) is 0 Å². The van der Waals surface area contributed by atoms with Gasteiger partial charge < -0.3 is 5.32 Å². The molecular formula is C11H19NO. The van der Waals surface area contributed by atoms with E-state index in [0.717, 1.165) is 12.3 Å². The third-order valence-corrected chi connectivity index (χ3v) is 5.06. The van der Waals surface area contributed by atoms with Gasteiger partial charge in [-0.2, -0.15) is 0 Å². The molecule has 74 valence electrons. The van der Waals surface area contributed by atoms with Crippen LogP contribution in [0.2, 0.25) is 0 Å². The van der Waals surface area contributed by atoms with Crippen LogP contribution < -0.4 is 5.32 Å². The van der Waals surface area contributed by atoms with Crippen molar-refractivity contribution in [2.45, 2.75) is 46.1 Å². The zero-order valence-corrected chi connectivity index (χ0v) is 8.76. The van der Waals surface area contributed by atoms with Gasteiger partial charge in [-0.15, -0.1) is 0 Å². The van der Waals surface area contributed by atoms with E-state index in [-0.39, 0.29) is 0 Å². The van der Waals surface area contributed by atoms with E-state index in [4.69, 9.17) is 0 Å². The molecule has 0 aromatic rings. The van der Waals surface area contributed by atoms with Crippen molar-refractivity contribution in [1.82, 2.24) is 5.32 Å². The molecule has 0 radical (unpaired) electrons. The number of rotatable bonds is 2. The highest BCUT2D eigenvalue weighted by Crippen LogP contribution is 2.65. The lowest BCUT2D eigenvalue weighted by molar-refractivity contribution is -0.111. The van der Waals surface area contributed by atoms with Crippen molar-refractivity contribution in [1.29, 1.82) is 0 Å². The largest absolute Gasteiger partial charge is 0.355 e. The van der Waals surface area contributed by atoms with Crippen molar-refractivity contribution >= 4 is 6.41 Å². The van der Waals surface area contributed by atoms with Crippen LogP contribution in [0.1, 0.15) is 40.0 Å². The summed E-state index contributed by atoms with van der Waals surface area (Å²) in [6.07, 6.45) is 4.67. The van der Waals surface area contributed by atoms with E-state index in [0.29, 0.717) is 16.9 Å². The van der Waals surface area contributed by atoms with Gasteiger partial charge in [-0.3, -0.25) is 4.79 Å². The molecule has 0 saturated heterocycles. The Kier molecular flexibility index (Phi) is 1.73. The van der Waals surface area contributed by atoms with Crippen LogP contribution in [-0.4, -0.2) is 12.5 Å². The summed E-state index contributed by atoms with van der Waals surface area (Å²) in [5.41, 5.74) is 0.742. The van der Waals surface area contributed by atoms with Crippen LogP contribution in [0.5, 0.6) is 0 Å². The summed E-state index contributed by atoms with van der Waals surface area (Å²) in [6.45, 7) is 7.05. The third kappa shape index (κ3) is 0.918. The van der Waals surface area contributed by atoms with E-state index < -0.39 is 0 Å². The molecule has 2 nitrogen and oxygen atoms in total. The Labute approximate surface area is 80.1 Å². The van der Waals surface area contributed by atoms with Crippen LogP contribution in [0.4, 0.5) is 0 Å². The normalized spacial score (nSPS) is 46.4. The van der Waals surface area contributed by atoms with Gasteiger partial charge in [0.2, 0.25) is 6.41 Å². The van der Waals surface area contributed by atoms with E-state index >= 15 is 0 Å². The van der Waals surface area contributed by atoms with E-state index in [2.05, 4.69) is 26.1 Å². The molecule has 3 atom stereocenters. The maximum Gasteiger partial charge on any atom is 0.207 e. The van der Waals surface area contributed by atoms with Crippen LogP contribution in [0.15, 0.2) is 0 Å². The molecule has 0 aromatic carbocycles. The lowest BCUT2D eigenvalue weighted by atomic mass is 9.69. The van der Waals surface area contributed by atoms with Gasteiger partial charge in [0.25, 0.3) is 0 Å². The Morgan fingerprint density at radius 2 is 2.08 bits per heavy atom. The quantitative estimate of drug-likeness (QED) is 0.648. The monoisotopic (exact) mass is 181 g/mol. The molecule has 2 aliphatic rings. The second-order valence-corrected chi connectivity index (χ2v) is 5.45. The van der Waals surface area contributed by atoms with Crippen LogP contribution >= 0.6 is 0 Å². The highest BCUT2D eigenvalue weighted by molar-refractivity contribution is 5.47. The zero-order valence-electron chi connectivity index (χ0n) is 8.76. The van der Waals surface area contributed by atoms with Crippen molar-refractivity contribution < 1.29 is 4.79 Å². The molecule has 2 aliphatic carbocycles. The van der Waals surface area contributed by atoms with Crippen molar-refractivity contribution in [3.8, 4) is 0 Å². The van der Waals surface area contributed by atoms with Gasteiger partial charge in [0.05, 0.1) is 0 Å². The Morgan fingerprint density at radius 1 is 1.38 bits per heavy atom. The Balaban J connectivity index is 2.27. The molecule has 0 aliphatic heterocycles. The number of amides is 1. The molecule has 1 amide bonds. The fourth-order valence-corrected chi connectivity index (χ4v) is 3.54. The second kappa shape index (κ2) is 2.49. The van der Waals surface area contributed by atoms with Gasteiger partial charge in [-0.1, -0.05) is 20.8 Å². The molecule has 1 N–H and O–H groups in total. The first kappa shape index (κ1) is 9.04. The van der Waals surface area contributed by atoms with Gasteiger partial charge in [-0.05, 0) is 36.0 Å². The second-order valence-electron chi connectivity index (χ2n) is 5.45. The minimum atomic E-state index is 0.332. The first-order valence-corrected chi connectivity index (χ1v) is 5.22. The summed E-state index contributed by atoms with van der Waals surface area (Å²) in [5.74, 6) is 0.815. The number of nitrogens with one attached hydrogen (secondary N) is 1. The molecule has 3 unspecified atom stereocenters. The van der Waals surface area contributed by atoms with Crippen LogP contribution in [0, 0.1) is 16.7 Å². The first-order valence-electron chi connectivity index (χ1n) is 5.22. The number of carbonyl (C=O) groups excluding carboxylic acids is 1. The van der Waals surface area contributed by atoms with Gasteiger partial charge in [0.15, 0.2) is 0 Å². The van der Waals surface area contributed by atoms with Crippen molar-refractivity contribution in [3.05, 3.63) is 0 Å². The highest BCUT2D eigenvalue weighted by Gasteiger charge is 2.61. The van der Waals surface area contributed by atoms with E-state index in [9.17, 15) is 4.79 Å². The number of hydrogen-bond donors (Lipinski definition) is 1. The van der Waals surface area contributed by atoms with Crippen molar-refractivity contribution in [2.75, 3.05) is 0 Å². The van der Waals surface area contributed by atoms with Gasteiger partial charge in [0, 0.05) is 6.04 Å². The van der Waals surface area contributed by atoms with Gasteiger partial charge >= 0.3 is 0 Å². The molecule has 2 fully saturated rings. The Hall–Kier alpha value is -0.530. The Bertz CT molecular complexity index is 236. The maximum atomic E-state index is 10.5. The van der Waals surface area contributed by atoms with Gasteiger partial charge in [0.1, 0.15) is 0 Å². The summed E-state index contributed by atoms with van der Waals surface area (Å²) >= 11 is 0. The predicted octanol–water partition coefficient (Wildman–Crippen LogP) is 1.95. The summed E-state index contributed by atoms with van der Waals surface area (Å²) < 4.78 is 0.